The number of benzene rings is 2. The lowest BCUT2D eigenvalue weighted by Crippen LogP contribution is -2.52. The molecule has 0 bridgehead atoms. The second-order valence-electron chi connectivity index (χ2n) is 13.0. The summed E-state index contributed by atoms with van der Waals surface area (Å²) in [7, 11) is 0. The minimum Gasteiger partial charge on any atom is -0.385 e. The number of amides is 3. The van der Waals surface area contributed by atoms with Gasteiger partial charge in [0.1, 0.15) is 11.9 Å². The van der Waals surface area contributed by atoms with E-state index in [0.29, 0.717) is 42.9 Å². The molecule has 3 aromatic rings. The Labute approximate surface area is 277 Å². The molecule has 0 aliphatic carbocycles. The summed E-state index contributed by atoms with van der Waals surface area (Å²) in [6.45, 7) is 3.70. The van der Waals surface area contributed by atoms with Crippen molar-refractivity contribution in [3.05, 3.63) is 81.9 Å². The molecular formula is C34H37ClFN7O4. The first-order chi connectivity index (χ1) is 22.7. The number of imide groups is 1. The molecule has 3 amide bonds. The van der Waals surface area contributed by atoms with Crippen molar-refractivity contribution in [2.75, 3.05) is 36.4 Å². The molecule has 2 aromatic carbocycles. The summed E-state index contributed by atoms with van der Waals surface area (Å²) < 4.78 is 15.9. The van der Waals surface area contributed by atoms with Gasteiger partial charge in [-0.3, -0.25) is 24.6 Å². The minimum atomic E-state index is -1.36. The zero-order valence-corrected chi connectivity index (χ0v) is 26.7. The Kier molecular flexibility index (Phi) is 8.58. The number of carbonyl (C=O) groups excluding carboxylic acids is 3. The summed E-state index contributed by atoms with van der Waals surface area (Å²) in [5.41, 5.74) is 1.60. The molecule has 0 saturated carbocycles. The quantitative estimate of drug-likeness (QED) is 0.325. The smallest absolute Gasteiger partial charge is 0.255 e. The van der Waals surface area contributed by atoms with Crippen LogP contribution in [0.5, 0.6) is 0 Å². The number of piperidine rings is 3. The molecular weight excluding hydrogens is 625 g/mol. The lowest BCUT2D eigenvalue weighted by atomic mass is 9.82. The summed E-state index contributed by atoms with van der Waals surface area (Å²) in [4.78, 5) is 51.5. The number of rotatable bonds is 7. The van der Waals surface area contributed by atoms with Crippen LogP contribution in [0.2, 0.25) is 5.02 Å². The first kappa shape index (κ1) is 31.5. The summed E-state index contributed by atoms with van der Waals surface area (Å²) in [5.74, 6) is -1.33. The van der Waals surface area contributed by atoms with Crippen molar-refractivity contribution in [2.24, 2.45) is 0 Å². The van der Waals surface area contributed by atoms with E-state index in [-0.39, 0.29) is 42.0 Å². The van der Waals surface area contributed by atoms with Crippen LogP contribution in [0.25, 0.3) is 0 Å². The highest BCUT2D eigenvalue weighted by atomic mass is 35.5. The average molecular weight is 662 g/mol. The molecule has 3 N–H and O–H groups in total. The highest BCUT2D eigenvalue weighted by molar-refractivity contribution is 6.30. The second-order valence-corrected chi connectivity index (χ2v) is 13.4. The summed E-state index contributed by atoms with van der Waals surface area (Å²) in [6, 6.07) is 11.2. The Balaban J connectivity index is 0.922. The van der Waals surface area contributed by atoms with Crippen molar-refractivity contribution in [3.8, 4) is 0 Å². The lowest BCUT2D eigenvalue weighted by Gasteiger charge is -2.39. The van der Waals surface area contributed by atoms with Gasteiger partial charge in [0.2, 0.25) is 17.8 Å². The SMILES string of the molecule is O=C1CCC(N2Cc3c(ccc(C4(O)CCN(Cc5ccc(N6CCC(Nc7ncc(Cl)cn7)CC6)cc5)CC4)c3F)C2=O)C(=O)N1. The number of aliphatic hydroxyl groups is 1. The van der Waals surface area contributed by atoms with Gasteiger partial charge in [0.15, 0.2) is 0 Å². The van der Waals surface area contributed by atoms with Gasteiger partial charge in [-0.2, -0.15) is 0 Å². The molecule has 0 spiro atoms. The highest BCUT2D eigenvalue weighted by Crippen LogP contribution is 2.39. The molecule has 4 aliphatic heterocycles. The second kappa shape index (κ2) is 12.8. The molecule has 246 valence electrons. The summed E-state index contributed by atoms with van der Waals surface area (Å²) in [6.07, 6.45) is 6.19. The number of nitrogens with zero attached hydrogens (tertiary/aromatic N) is 5. The predicted octanol–water partition coefficient (Wildman–Crippen LogP) is 3.59. The van der Waals surface area contributed by atoms with E-state index in [0.717, 1.165) is 32.5 Å². The zero-order valence-electron chi connectivity index (χ0n) is 25.9. The Morgan fingerprint density at radius 2 is 1.68 bits per heavy atom. The summed E-state index contributed by atoms with van der Waals surface area (Å²) >= 11 is 5.88. The molecule has 3 saturated heterocycles. The van der Waals surface area contributed by atoms with Gasteiger partial charge in [-0.15, -0.1) is 0 Å². The third-order valence-electron chi connectivity index (χ3n) is 9.99. The van der Waals surface area contributed by atoms with Crippen LogP contribution in [-0.4, -0.2) is 80.9 Å². The Morgan fingerprint density at radius 1 is 0.979 bits per heavy atom. The first-order valence-electron chi connectivity index (χ1n) is 16.2. The van der Waals surface area contributed by atoms with Crippen molar-refractivity contribution >= 4 is 41.0 Å². The van der Waals surface area contributed by atoms with Crippen molar-refractivity contribution < 1.29 is 23.9 Å². The van der Waals surface area contributed by atoms with E-state index in [1.165, 1.54) is 22.2 Å². The van der Waals surface area contributed by atoms with Crippen LogP contribution in [-0.2, 0) is 28.3 Å². The molecule has 1 unspecified atom stereocenters. The number of hydrogen-bond acceptors (Lipinski definition) is 9. The van der Waals surface area contributed by atoms with E-state index in [2.05, 4.69) is 54.7 Å². The molecule has 13 heteroatoms. The number of hydrogen-bond donors (Lipinski definition) is 3. The first-order valence-corrected chi connectivity index (χ1v) is 16.5. The number of aromatic nitrogens is 2. The van der Waals surface area contributed by atoms with Crippen LogP contribution in [0.3, 0.4) is 0 Å². The molecule has 1 atom stereocenters. The third-order valence-corrected chi connectivity index (χ3v) is 10.2. The zero-order chi connectivity index (χ0) is 32.7. The van der Waals surface area contributed by atoms with E-state index in [4.69, 9.17) is 11.6 Å². The largest absolute Gasteiger partial charge is 0.385 e. The van der Waals surface area contributed by atoms with Gasteiger partial charge in [-0.25, -0.2) is 14.4 Å². The minimum absolute atomic E-state index is 0.0639. The van der Waals surface area contributed by atoms with Crippen LogP contribution >= 0.6 is 11.6 Å². The molecule has 11 nitrogen and oxygen atoms in total. The van der Waals surface area contributed by atoms with Gasteiger partial charge < -0.3 is 20.2 Å². The molecule has 1 aromatic heterocycles. The standard InChI is InChI=1S/C34H37ClFN7O4/c35-22-17-37-33(38-18-22)39-23-9-13-42(14-10-23)24-3-1-21(2-4-24)19-41-15-11-34(47,12-16-41)27-6-5-25-26(30(27)36)20-43(32(25)46)28-7-8-29(44)40-31(28)45/h1-6,17-18,23,28,47H,7-16,19-20H2,(H,37,38,39)(H,40,44,45). The number of fused-ring (bicyclic) bond motifs is 1. The van der Waals surface area contributed by atoms with Gasteiger partial charge >= 0.3 is 0 Å². The van der Waals surface area contributed by atoms with Crippen LogP contribution in [0.1, 0.15) is 65.6 Å². The maximum Gasteiger partial charge on any atom is 0.255 e. The van der Waals surface area contributed by atoms with Gasteiger partial charge in [0.05, 0.1) is 29.6 Å². The van der Waals surface area contributed by atoms with Crippen molar-refractivity contribution in [1.82, 2.24) is 25.1 Å². The topological polar surface area (TPSA) is 131 Å². The van der Waals surface area contributed by atoms with Gasteiger partial charge in [-0.05, 0) is 55.9 Å². The van der Waals surface area contributed by atoms with E-state index in [9.17, 15) is 19.5 Å². The van der Waals surface area contributed by atoms with E-state index >= 15 is 4.39 Å². The van der Waals surface area contributed by atoms with Crippen LogP contribution < -0.4 is 15.5 Å². The number of anilines is 2. The molecule has 47 heavy (non-hydrogen) atoms. The molecule has 5 heterocycles. The monoisotopic (exact) mass is 661 g/mol. The number of halogens is 2. The fraction of sp³-hybridized carbons (Fsp3) is 0.441. The van der Waals surface area contributed by atoms with Gasteiger partial charge in [0.25, 0.3) is 5.91 Å². The van der Waals surface area contributed by atoms with E-state index in [1.807, 2.05) is 0 Å². The predicted molar refractivity (Wildman–Crippen MR) is 173 cm³/mol. The molecule has 4 aliphatic rings. The normalized spacial score (nSPS) is 21.9. The Hall–Kier alpha value is -4.13. The van der Waals surface area contributed by atoms with Crippen LogP contribution in [0.4, 0.5) is 16.0 Å². The van der Waals surface area contributed by atoms with Crippen molar-refractivity contribution in [1.29, 1.82) is 0 Å². The molecule has 7 rings (SSSR count). The van der Waals surface area contributed by atoms with Gasteiger partial charge in [-0.1, -0.05) is 29.8 Å². The average Bonchev–Trinajstić information content (AvgIpc) is 3.41. The fourth-order valence-corrected chi connectivity index (χ4v) is 7.33. The van der Waals surface area contributed by atoms with Crippen molar-refractivity contribution in [3.63, 3.8) is 0 Å². The number of nitrogens with one attached hydrogen (secondary N) is 2. The van der Waals surface area contributed by atoms with Crippen LogP contribution in [0.15, 0.2) is 48.8 Å². The molecule has 3 fully saturated rings. The van der Waals surface area contributed by atoms with Crippen molar-refractivity contribution in [2.45, 2.75) is 69.3 Å². The van der Waals surface area contributed by atoms with E-state index < -0.39 is 29.3 Å². The fourth-order valence-electron chi connectivity index (χ4n) is 7.24. The van der Waals surface area contributed by atoms with E-state index in [1.54, 1.807) is 18.5 Å². The lowest BCUT2D eigenvalue weighted by molar-refractivity contribution is -0.136. The number of carbonyl (C=O) groups is 3. The Morgan fingerprint density at radius 3 is 2.36 bits per heavy atom. The summed E-state index contributed by atoms with van der Waals surface area (Å²) in [5, 5.41) is 17.8. The van der Waals surface area contributed by atoms with Gasteiger partial charge in [0, 0.05) is 67.6 Å². The van der Waals surface area contributed by atoms with Crippen LogP contribution in [0, 0.1) is 5.82 Å². The maximum absolute atomic E-state index is 15.9. The number of likely N-dealkylation sites (tertiary alicyclic amines) is 1. The molecule has 0 radical (unpaired) electrons. The maximum atomic E-state index is 15.9. The highest BCUT2D eigenvalue weighted by Gasteiger charge is 2.43. The Bertz CT molecular complexity index is 1670. The third kappa shape index (κ3) is 6.41.